The summed E-state index contributed by atoms with van der Waals surface area (Å²) in [4.78, 5) is 14.4. The molecule has 1 saturated carbocycles. The summed E-state index contributed by atoms with van der Waals surface area (Å²) in [5, 5.41) is 3.44. The molecule has 2 fully saturated rings. The van der Waals surface area contributed by atoms with Crippen LogP contribution in [-0.2, 0) is 14.3 Å². The van der Waals surface area contributed by atoms with Crippen molar-refractivity contribution in [2.45, 2.75) is 50.2 Å². The van der Waals surface area contributed by atoms with Gasteiger partial charge in [-0.3, -0.25) is 10.1 Å². The van der Waals surface area contributed by atoms with Crippen molar-refractivity contribution in [2.24, 2.45) is 0 Å². The standard InChI is InChI=1S/C14H26N2O3/c1-14(13(17)18-3,15-11-4-5-11)10-16(2)12-6-8-19-9-7-12/h11-12,15H,4-10H2,1-3H3. The first kappa shape index (κ1) is 14.8. The quantitative estimate of drug-likeness (QED) is 0.723. The summed E-state index contributed by atoms with van der Waals surface area (Å²) in [6.07, 6.45) is 4.40. The maximum absolute atomic E-state index is 12.1. The van der Waals surface area contributed by atoms with Gasteiger partial charge < -0.3 is 14.4 Å². The van der Waals surface area contributed by atoms with Crippen LogP contribution in [-0.4, -0.2) is 62.4 Å². The fourth-order valence-corrected chi connectivity index (χ4v) is 2.83. The summed E-state index contributed by atoms with van der Waals surface area (Å²) in [7, 11) is 3.55. The van der Waals surface area contributed by atoms with Crippen molar-refractivity contribution in [3.05, 3.63) is 0 Å². The van der Waals surface area contributed by atoms with E-state index in [4.69, 9.17) is 9.47 Å². The van der Waals surface area contributed by atoms with Gasteiger partial charge in [0.2, 0.25) is 0 Å². The van der Waals surface area contributed by atoms with Gasteiger partial charge in [0.25, 0.3) is 0 Å². The molecular formula is C14H26N2O3. The molecule has 5 heteroatoms. The highest BCUT2D eigenvalue weighted by Crippen LogP contribution is 2.24. The number of nitrogens with one attached hydrogen (secondary N) is 1. The fourth-order valence-electron chi connectivity index (χ4n) is 2.83. The van der Waals surface area contributed by atoms with Crippen LogP contribution in [0.25, 0.3) is 0 Å². The Morgan fingerprint density at radius 3 is 2.53 bits per heavy atom. The molecule has 1 unspecified atom stereocenters. The molecule has 0 aromatic heterocycles. The molecule has 0 aromatic rings. The predicted octanol–water partition coefficient (Wildman–Crippen LogP) is 0.781. The maximum Gasteiger partial charge on any atom is 0.327 e. The van der Waals surface area contributed by atoms with Gasteiger partial charge in [0.05, 0.1) is 7.11 Å². The summed E-state index contributed by atoms with van der Waals surface area (Å²) in [5.74, 6) is -0.168. The van der Waals surface area contributed by atoms with Crippen LogP contribution < -0.4 is 5.32 Å². The highest BCUT2D eigenvalue weighted by molar-refractivity contribution is 5.80. The zero-order valence-corrected chi connectivity index (χ0v) is 12.3. The topological polar surface area (TPSA) is 50.8 Å². The van der Waals surface area contributed by atoms with Gasteiger partial charge in [-0.15, -0.1) is 0 Å². The Morgan fingerprint density at radius 1 is 1.37 bits per heavy atom. The Kier molecular flexibility index (Phi) is 4.81. The van der Waals surface area contributed by atoms with Crippen LogP contribution in [0, 0.1) is 0 Å². The zero-order chi connectivity index (χ0) is 13.9. The Labute approximate surface area is 115 Å². The van der Waals surface area contributed by atoms with Crippen LogP contribution in [0.3, 0.4) is 0 Å². The summed E-state index contributed by atoms with van der Waals surface area (Å²) in [5.41, 5.74) is -0.608. The number of ether oxygens (including phenoxy) is 2. The average Bonchev–Trinajstić information content (AvgIpc) is 3.22. The van der Waals surface area contributed by atoms with E-state index in [0.717, 1.165) is 38.9 Å². The van der Waals surface area contributed by atoms with Crippen molar-refractivity contribution in [3.63, 3.8) is 0 Å². The Morgan fingerprint density at radius 2 is 2.00 bits per heavy atom. The van der Waals surface area contributed by atoms with Gasteiger partial charge in [0, 0.05) is 31.8 Å². The normalized spacial score (nSPS) is 24.2. The first-order valence-electron chi connectivity index (χ1n) is 7.19. The molecule has 2 rings (SSSR count). The van der Waals surface area contributed by atoms with E-state index in [1.165, 1.54) is 7.11 Å². The lowest BCUT2D eigenvalue weighted by Gasteiger charge is -2.37. The van der Waals surface area contributed by atoms with Crippen molar-refractivity contribution in [2.75, 3.05) is 33.9 Å². The SMILES string of the molecule is COC(=O)C(C)(CN(C)C1CCOCC1)NC1CC1. The minimum atomic E-state index is -0.608. The number of hydrogen-bond acceptors (Lipinski definition) is 5. The number of carbonyl (C=O) groups excluding carboxylic acids is 1. The summed E-state index contributed by atoms with van der Waals surface area (Å²) in [6.45, 7) is 4.27. The first-order chi connectivity index (χ1) is 9.05. The monoisotopic (exact) mass is 270 g/mol. The predicted molar refractivity (Wildman–Crippen MR) is 73.0 cm³/mol. The molecule has 0 radical (unpaired) electrons. The lowest BCUT2D eigenvalue weighted by molar-refractivity contribution is -0.149. The second kappa shape index (κ2) is 6.20. The van der Waals surface area contributed by atoms with Crippen LogP contribution in [0.15, 0.2) is 0 Å². The second-order valence-electron chi connectivity index (χ2n) is 6.00. The lowest BCUT2D eigenvalue weighted by atomic mass is 9.99. The van der Waals surface area contributed by atoms with Crippen LogP contribution in [0.1, 0.15) is 32.6 Å². The third kappa shape index (κ3) is 3.91. The number of nitrogens with zero attached hydrogens (tertiary/aromatic N) is 1. The Balaban J connectivity index is 1.95. The van der Waals surface area contributed by atoms with Crippen LogP contribution in [0.2, 0.25) is 0 Å². The minimum absolute atomic E-state index is 0.168. The van der Waals surface area contributed by atoms with E-state index in [2.05, 4.69) is 17.3 Å². The summed E-state index contributed by atoms with van der Waals surface area (Å²) < 4.78 is 10.4. The van der Waals surface area contributed by atoms with E-state index in [1.807, 2.05) is 6.92 Å². The van der Waals surface area contributed by atoms with Gasteiger partial charge in [-0.05, 0) is 39.7 Å². The minimum Gasteiger partial charge on any atom is -0.468 e. The molecule has 0 amide bonds. The molecule has 0 bridgehead atoms. The molecule has 110 valence electrons. The number of methoxy groups -OCH3 is 1. The third-order valence-electron chi connectivity index (χ3n) is 4.12. The molecule has 1 aliphatic heterocycles. The van der Waals surface area contributed by atoms with Gasteiger partial charge >= 0.3 is 5.97 Å². The van der Waals surface area contributed by atoms with Gasteiger partial charge in [-0.2, -0.15) is 0 Å². The van der Waals surface area contributed by atoms with E-state index in [-0.39, 0.29) is 5.97 Å². The lowest BCUT2D eigenvalue weighted by Crippen LogP contribution is -2.59. The molecule has 19 heavy (non-hydrogen) atoms. The molecule has 2 aliphatic rings. The number of esters is 1. The highest BCUT2D eigenvalue weighted by Gasteiger charge is 2.41. The van der Waals surface area contributed by atoms with E-state index < -0.39 is 5.54 Å². The summed E-state index contributed by atoms with van der Waals surface area (Å²) >= 11 is 0. The Bertz CT molecular complexity index is 314. The number of rotatable bonds is 6. The molecular weight excluding hydrogens is 244 g/mol. The van der Waals surface area contributed by atoms with Gasteiger partial charge in [-0.25, -0.2) is 0 Å². The van der Waals surface area contributed by atoms with Gasteiger partial charge in [0.15, 0.2) is 0 Å². The molecule has 1 heterocycles. The first-order valence-corrected chi connectivity index (χ1v) is 7.19. The zero-order valence-electron chi connectivity index (χ0n) is 12.3. The largest absolute Gasteiger partial charge is 0.468 e. The molecule has 1 N–H and O–H groups in total. The highest BCUT2D eigenvalue weighted by atomic mass is 16.5. The number of carbonyl (C=O) groups is 1. The molecule has 0 spiro atoms. The van der Waals surface area contributed by atoms with E-state index in [0.29, 0.717) is 18.6 Å². The van der Waals surface area contributed by atoms with E-state index >= 15 is 0 Å². The molecule has 0 aromatic carbocycles. The van der Waals surface area contributed by atoms with Gasteiger partial charge in [0.1, 0.15) is 5.54 Å². The van der Waals surface area contributed by atoms with Gasteiger partial charge in [-0.1, -0.05) is 0 Å². The molecule has 5 nitrogen and oxygen atoms in total. The van der Waals surface area contributed by atoms with Crippen LogP contribution in [0.4, 0.5) is 0 Å². The maximum atomic E-state index is 12.1. The molecule has 1 saturated heterocycles. The van der Waals surface area contributed by atoms with Crippen molar-refractivity contribution in [3.8, 4) is 0 Å². The number of likely N-dealkylation sites (N-methyl/N-ethyl adjacent to an activating group) is 1. The van der Waals surface area contributed by atoms with Crippen LogP contribution in [0.5, 0.6) is 0 Å². The van der Waals surface area contributed by atoms with Crippen LogP contribution >= 0.6 is 0 Å². The van der Waals surface area contributed by atoms with Crippen molar-refractivity contribution < 1.29 is 14.3 Å². The smallest absolute Gasteiger partial charge is 0.327 e. The van der Waals surface area contributed by atoms with Crippen molar-refractivity contribution >= 4 is 5.97 Å². The number of hydrogen-bond donors (Lipinski definition) is 1. The molecule has 1 aliphatic carbocycles. The Hall–Kier alpha value is -0.650. The molecule has 1 atom stereocenters. The van der Waals surface area contributed by atoms with E-state index in [9.17, 15) is 4.79 Å². The fraction of sp³-hybridized carbons (Fsp3) is 0.929. The third-order valence-corrected chi connectivity index (χ3v) is 4.12. The van der Waals surface area contributed by atoms with Crippen molar-refractivity contribution in [1.82, 2.24) is 10.2 Å². The van der Waals surface area contributed by atoms with E-state index in [1.54, 1.807) is 0 Å². The summed E-state index contributed by atoms with van der Waals surface area (Å²) in [6, 6.07) is 0.978. The second-order valence-corrected chi connectivity index (χ2v) is 6.00. The average molecular weight is 270 g/mol. The van der Waals surface area contributed by atoms with Crippen molar-refractivity contribution in [1.29, 1.82) is 0 Å².